The van der Waals surface area contributed by atoms with Crippen molar-refractivity contribution in [3.8, 4) is 0 Å². The zero-order valence-corrected chi connectivity index (χ0v) is 11.4. The molecule has 112 valence electrons. The van der Waals surface area contributed by atoms with Crippen LogP contribution in [0.1, 0.15) is 12.8 Å². The number of hydrogen-bond acceptors (Lipinski definition) is 4. The minimum absolute atomic E-state index is 0.587. The third-order valence-electron chi connectivity index (χ3n) is 2.93. The largest absolute Gasteiger partial charge is 0.501 e. The zero-order valence-electron chi connectivity index (χ0n) is 10.6. The molecule has 0 aromatic heterocycles. The molecule has 0 saturated heterocycles. The van der Waals surface area contributed by atoms with Crippen LogP contribution in [0.15, 0.2) is 29.2 Å². The van der Waals surface area contributed by atoms with Crippen LogP contribution in [-0.4, -0.2) is 33.1 Å². The van der Waals surface area contributed by atoms with Gasteiger partial charge in [0.2, 0.25) is 0 Å². The Kier molecular flexibility index (Phi) is 4.24. The standard InChI is InChI=1S/C12H15F3N2O2S/c13-12(14,15)20(18,19)11-5-3-10(4-6-11)17-8-7-16-9-1-2-9/h3-6,9,16-17H,1-2,7-8H2. The van der Waals surface area contributed by atoms with Crippen molar-refractivity contribution in [2.75, 3.05) is 18.4 Å². The van der Waals surface area contributed by atoms with Gasteiger partial charge in [0.25, 0.3) is 9.84 Å². The first-order chi connectivity index (χ1) is 9.30. The lowest BCUT2D eigenvalue weighted by molar-refractivity contribution is -0.0436. The van der Waals surface area contributed by atoms with Crippen molar-refractivity contribution in [1.29, 1.82) is 0 Å². The third kappa shape index (κ3) is 3.63. The summed E-state index contributed by atoms with van der Waals surface area (Å²) in [6, 6.07) is 5.17. The molecule has 1 aliphatic carbocycles. The van der Waals surface area contributed by atoms with E-state index >= 15 is 0 Å². The highest BCUT2D eigenvalue weighted by atomic mass is 32.2. The SMILES string of the molecule is O=S(=O)(c1ccc(NCCNC2CC2)cc1)C(F)(F)F. The van der Waals surface area contributed by atoms with Gasteiger partial charge in [0.05, 0.1) is 4.90 Å². The summed E-state index contributed by atoms with van der Waals surface area (Å²) in [6.45, 7) is 1.38. The van der Waals surface area contributed by atoms with Crippen LogP contribution in [0.4, 0.5) is 18.9 Å². The Hall–Kier alpha value is -1.28. The van der Waals surface area contributed by atoms with Gasteiger partial charge < -0.3 is 10.6 Å². The quantitative estimate of drug-likeness (QED) is 0.791. The number of alkyl halides is 3. The summed E-state index contributed by atoms with van der Waals surface area (Å²) >= 11 is 0. The van der Waals surface area contributed by atoms with Crippen LogP contribution >= 0.6 is 0 Å². The average molecular weight is 308 g/mol. The fraction of sp³-hybridized carbons (Fsp3) is 0.500. The molecule has 0 unspecified atom stereocenters. The molecule has 2 N–H and O–H groups in total. The second-order valence-corrected chi connectivity index (χ2v) is 6.57. The van der Waals surface area contributed by atoms with Crippen LogP contribution in [0.2, 0.25) is 0 Å². The summed E-state index contributed by atoms with van der Waals surface area (Å²) in [5, 5.41) is 6.28. The molecule has 1 fully saturated rings. The maximum atomic E-state index is 12.3. The number of nitrogens with one attached hydrogen (secondary N) is 2. The lowest BCUT2D eigenvalue weighted by atomic mass is 10.3. The fourth-order valence-corrected chi connectivity index (χ4v) is 2.42. The van der Waals surface area contributed by atoms with Crippen LogP contribution in [0.3, 0.4) is 0 Å². The van der Waals surface area contributed by atoms with E-state index in [0.717, 1.165) is 18.7 Å². The molecule has 1 saturated carbocycles. The van der Waals surface area contributed by atoms with Crippen molar-refractivity contribution in [1.82, 2.24) is 5.32 Å². The molecule has 4 nitrogen and oxygen atoms in total. The normalized spacial score (nSPS) is 16.1. The lowest BCUT2D eigenvalue weighted by Crippen LogP contribution is -2.24. The Balaban J connectivity index is 1.92. The minimum Gasteiger partial charge on any atom is -0.384 e. The first kappa shape index (κ1) is 15.1. The Morgan fingerprint density at radius 2 is 1.70 bits per heavy atom. The van der Waals surface area contributed by atoms with Crippen LogP contribution in [0.5, 0.6) is 0 Å². The van der Waals surface area contributed by atoms with Crippen molar-refractivity contribution in [3.05, 3.63) is 24.3 Å². The summed E-state index contributed by atoms with van der Waals surface area (Å²) in [6.07, 6.45) is 2.37. The number of hydrogen-bond donors (Lipinski definition) is 2. The molecule has 2 rings (SSSR count). The van der Waals surface area contributed by atoms with Gasteiger partial charge >= 0.3 is 5.51 Å². The Morgan fingerprint density at radius 1 is 1.10 bits per heavy atom. The van der Waals surface area contributed by atoms with E-state index in [1.54, 1.807) is 0 Å². The van der Waals surface area contributed by atoms with Gasteiger partial charge in [-0.3, -0.25) is 0 Å². The molecule has 0 amide bonds. The Morgan fingerprint density at radius 3 is 2.20 bits per heavy atom. The van der Waals surface area contributed by atoms with E-state index < -0.39 is 20.2 Å². The van der Waals surface area contributed by atoms with E-state index in [9.17, 15) is 21.6 Å². The van der Waals surface area contributed by atoms with Gasteiger partial charge in [-0.05, 0) is 37.1 Å². The van der Waals surface area contributed by atoms with E-state index in [-0.39, 0.29) is 0 Å². The van der Waals surface area contributed by atoms with E-state index in [0.29, 0.717) is 18.3 Å². The van der Waals surface area contributed by atoms with Crippen LogP contribution in [0.25, 0.3) is 0 Å². The van der Waals surface area contributed by atoms with Gasteiger partial charge in [-0.2, -0.15) is 13.2 Å². The summed E-state index contributed by atoms with van der Waals surface area (Å²) in [7, 11) is -5.26. The summed E-state index contributed by atoms with van der Waals surface area (Å²) < 4.78 is 59.3. The van der Waals surface area contributed by atoms with E-state index in [2.05, 4.69) is 10.6 Å². The highest BCUT2D eigenvalue weighted by molar-refractivity contribution is 7.92. The Bertz CT molecular complexity index is 551. The maximum Gasteiger partial charge on any atom is 0.501 e. The molecule has 0 heterocycles. The molecule has 0 bridgehead atoms. The first-order valence-corrected chi connectivity index (χ1v) is 7.68. The van der Waals surface area contributed by atoms with Gasteiger partial charge in [-0.15, -0.1) is 0 Å². The molecule has 20 heavy (non-hydrogen) atoms. The van der Waals surface area contributed by atoms with Gasteiger partial charge in [0.1, 0.15) is 0 Å². The number of halogens is 3. The molecule has 0 aliphatic heterocycles. The van der Waals surface area contributed by atoms with Crippen molar-refractivity contribution < 1.29 is 21.6 Å². The second-order valence-electron chi connectivity index (χ2n) is 4.63. The highest BCUT2D eigenvalue weighted by Gasteiger charge is 2.46. The maximum absolute atomic E-state index is 12.3. The van der Waals surface area contributed by atoms with Gasteiger partial charge in [0, 0.05) is 24.8 Å². The Labute approximate surface area is 115 Å². The molecule has 8 heteroatoms. The number of sulfone groups is 1. The predicted octanol–water partition coefficient (Wildman–Crippen LogP) is 2.14. The highest BCUT2D eigenvalue weighted by Crippen LogP contribution is 2.30. The van der Waals surface area contributed by atoms with Gasteiger partial charge in [-0.1, -0.05) is 0 Å². The van der Waals surface area contributed by atoms with E-state index in [1.807, 2.05) is 0 Å². The van der Waals surface area contributed by atoms with E-state index in [1.165, 1.54) is 25.0 Å². The van der Waals surface area contributed by atoms with Crippen molar-refractivity contribution in [2.24, 2.45) is 0 Å². The number of rotatable bonds is 6. The number of anilines is 1. The summed E-state index contributed by atoms with van der Waals surface area (Å²) in [4.78, 5) is -0.744. The summed E-state index contributed by atoms with van der Waals surface area (Å²) in [5.41, 5.74) is -4.68. The number of benzene rings is 1. The van der Waals surface area contributed by atoms with E-state index in [4.69, 9.17) is 0 Å². The smallest absolute Gasteiger partial charge is 0.384 e. The topological polar surface area (TPSA) is 58.2 Å². The molecule has 0 atom stereocenters. The first-order valence-electron chi connectivity index (χ1n) is 6.19. The summed E-state index contributed by atoms with van der Waals surface area (Å²) in [5.74, 6) is 0. The molecule has 0 spiro atoms. The monoisotopic (exact) mass is 308 g/mol. The average Bonchev–Trinajstić information content (AvgIpc) is 3.18. The van der Waals surface area contributed by atoms with Gasteiger partial charge in [0.15, 0.2) is 0 Å². The minimum atomic E-state index is -5.27. The third-order valence-corrected chi connectivity index (χ3v) is 4.44. The van der Waals surface area contributed by atoms with Gasteiger partial charge in [-0.25, -0.2) is 8.42 Å². The van der Waals surface area contributed by atoms with Crippen molar-refractivity contribution >= 4 is 15.5 Å². The molecule has 1 aromatic carbocycles. The van der Waals surface area contributed by atoms with Crippen molar-refractivity contribution in [3.63, 3.8) is 0 Å². The van der Waals surface area contributed by atoms with Crippen molar-refractivity contribution in [2.45, 2.75) is 29.3 Å². The fourth-order valence-electron chi connectivity index (χ4n) is 1.66. The van der Waals surface area contributed by atoms with Crippen LogP contribution in [-0.2, 0) is 9.84 Å². The second kappa shape index (κ2) is 5.61. The zero-order chi connectivity index (χ0) is 14.8. The molecule has 1 aliphatic rings. The van der Waals surface area contributed by atoms with Crippen LogP contribution < -0.4 is 10.6 Å². The molecule has 0 radical (unpaired) electrons. The molecular formula is C12H15F3N2O2S. The molecular weight excluding hydrogens is 293 g/mol. The molecule has 1 aromatic rings. The van der Waals surface area contributed by atoms with Crippen LogP contribution in [0, 0.1) is 0 Å². The lowest BCUT2D eigenvalue weighted by Gasteiger charge is -2.10. The predicted molar refractivity (Wildman–Crippen MR) is 69.2 cm³/mol.